The van der Waals surface area contributed by atoms with Crippen LogP contribution < -0.4 is 14.8 Å². The number of carbonyl (C=O) groups is 2. The molecule has 7 heteroatoms. The van der Waals surface area contributed by atoms with Crippen LogP contribution in [0.2, 0.25) is 0 Å². The first-order valence-electron chi connectivity index (χ1n) is 12.5. The normalized spacial score (nSPS) is 30.5. The van der Waals surface area contributed by atoms with E-state index in [2.05, 4.69) is 17.5 Å². The smallest absolute Gasteiger partial charge is 0.217 e. The largest absolute Gasteiger partial charge is 0.506 e. The lowest BCUT2D eigenvalue weighted by atomic mass is 9.61. The second-order valence-electron chi connectivity index (χ2n) is 10.4. The van der Waals surface area contributed by atoms with Crippen molar-refractivity contribution in [2.75, 3.05) is 39.2 Å². The summed E-state index contributed by atoms with van der Waals surface area (Å²) in [7, 11) is 3.15. The molecule has 0 aromatic heterocycles. The molecule has 2 saturated heterocycles. The zero-order valence-electron chi connectivity index (χ0n) is 20.8. The molecule has 2 aromatic carbocycles. The molecule has 2 aromatic rings. The first-order chi connectivity index (χ1) is 17.4. The molecule has 1 aliphatic carbocycles. The van der Waals surface area contributed by atoms with Gasteiger partial charge in [-0.25, -0.2) is 0 Å². The van der Waals surface area contributed by atoms with Gasteiger partial charge in [-0.3, -0.25) is 9.59 Å². The maximum absolute atomic E-state index is 13.8. The molecular weight excluding hydrogens is 456 g/mol. The van der Waals surface area contributed by atoms with Gasteiger partial charge in [0, 0.05) is 35.6 Å². The number of hydrogen-bond acceptors (Lipinski definition) is 6. The Bertz CT molecular complexity index is 1360. The second kappa shape index (κ2) is 7.96. The number of phenols is 1. The number of phenolic OH excluding ortho intramolecular Hbond substituents is 1. The minimum atomic E-state index is -0.405. The average Bonchev–Trinajstić information content (AvgIpc) is 3.43. The van der Waals surface area contributed by atoms with E-state index < -0.39 is 5.41 Å². The Labute approximate surface area is 210 Å². The molecule has 0 radical (unpaired) electrons. The number of nitrogens with one attached hydrogen (secondary N) is 1. The Kier molecular flexibility index (Phi) is 5.06. The lowest BCUT2D eigenvalue weighted by Gasteiger charge is -2.53. The topological polar surface area (TPSA) is 84.9 Å². The number of ether oxygens (including phenoxy) is 2. The van der Waals surface area contributed by atoms with Crippen LogP contribution in [0.1, 0.15) is 35.7 Å². The number of quaternary nitrogens is 1. The summed E-state index contributed by atoms with van der Waals surface area (Å²) in [6.45, 7) is 3.95. The SMILES string of the molecule is C/C=C1/C[N+]2(CC(=O)c3ccc(OC)c(OC)c3)CC[C@]34C(=C(C=O)[C@H]1CC32)Nc1c(O)cccc14. The van der Waals surface area contributed by atoms with E-state index in [1.165, 1.54) is 5.57 Å². The van der Waals surface area contributed by atoms with Crippen molar-refractivity contribution >= 4 is 17.8 Å². The fourth-order valence-electron chi connectivity index (χ4n) is 7.57. The molecule has 4 aliphatic rings. The molecule has 3 heterocycles. The van der Waals surface area contributed by atoms with Crippen molar-refractivity contribution in [3.05, 3.63) is 70.4 Å². The van der Waals surface area contributed by atoms with Gasteiger partial charge in [0.25, 0.3) is 0 Å². The highest BCUT2D eigenvalue weighted by Gasteiger charge is 2.69. The molecule has 0 amide bonds. The summed E-state index contributed by atoms with van der Waals surface area (Å²) in [6.07, 6.45) is 4.76. The molecule has 2 N–H and O–H groups in total. The van der Waals surface area contributed by atoms with Gasteiger partial charge in [0.2, 0.25) is 5.78 Å². The third-order valence-electron chi connectivity index (χ3n) is 9.13. The van der Waals surface area contributed by atoms with E-state index in [9.17, 15) is 14.7 Å². The van der Waals surface area contributed by atoms with Crippen molar-refractivity contribution < 1.29 is 28.7 Å². The monoisotopic (exact) mass is 487 g/mol. The van der Waals surface area contributed by atoms with Gasteiger partial charge in [-0.05, 0) is 42.3 Å². The quantitative estimate of drug-likeness (QED) is 0.211. The summed E-state index contributed by atoms with van der Waals surface area (Å²) in [5.74, 6) is 1.43. The van der Waals surface area contributed by atoms with E-state index in [4.69, 9.17) is 9.47 Å². The van der Waals surface area contributed by atoms with E-state index in [0.29, 0.717) is 33.8 Å². The summed E-state index contributed by atoms with van der Waals surface area (Å²) in [4.78, 5) is 26.2. The molecule has 36 heavy (non-hydrogen) atoms. The Balaban J connectivity index is 1.47. The summed E-state index contributed by atoms with van der Waals surface area (Å²) in [5.41, 5.74) is 4.87. The molecule has 3 aliphatic heterocycles. The van der Waals surface area contributed by atoms with Gasteiger partial charge >= 0.3 is 0 Å². The summed E-state index contributed by atoms with van der Waals surface area (Å²) in [6, 6.07) is 11.1. The number of benzene rings is 2. The van der Waals surface area contributed by atoms with Crippen molar-refractivity contribution in [3.63, 3.8) is 0 Å². The predicted octanol–water partition coefficient (Wildman–Crippen LogP) is 3.98. The van der Waals surface area contributed by atoms with Gasteiger partial charge < -0.3 is 24.4 Å². The second-order valence-corrected chi connectivity index (χ2v) is 10.4. The van der Waals surface area contributed by atoms with Crippen LogP contribution in [0, 0.1) is 5.92 Å². The number of fused-ring (bicyclic) bond motifs is 2. The van der Waals surface area contributed by atoms with Crippen molar-refractivity contribution in [1.29, 1.82) is 0 Å². The van der Waals surface area contributed by atoms with E-state index in [0.717, 1.165) is 49.1 Å². The number of para-hydroxylation sites is 1. The van der Waals surface area contributed by atoms with Gasteiger partial charge in [-0.2, -0.15) is 0 Å². The van der Waals surface area contributed by atoms with Gasteiger partial charge in [-0.1, -0.05) is 18.2 Å². The first kappa shape index (κ1) is 22.9. The number of aromatic hydroxyl groups is 1. The van der Waals surface area contributed by atoms with Gasteiger partial charge in [0.1, 0.15) is 31.2 Å². The lowest BCUT2D eigenvalue weighted by molar-refractivity contribution is -0.934. The third kappa shape index (κ3) is 2.83. The number of carbonyl (C=O) groups excluding carboxylic acids is 2. The van der Waals surface area contributed by atoms with Crippen LogP contribution in [0.5, 0.6) is 17.2 Å². The maximum Gasteiger partial charge on any atom is 0.217 e. The van der Waals surface area contributed by atoms with Crippen molar-refractivity contribution in [1.82, 2.24) is 0 Å². The first-order valence-corrected chi connectivity index (χ1v) is 12.5. The van der Waals surface area contributed by atoms with E-state index >= 15 is 0 Å². The molecule has 1 spiro atoms. The molecule has 2 fully saturated rings. The number of nitrogens with zero attached hydrogens (tertiary/aromatic N) is 1. The predicted molar refractivity (Wildman–Crippen MR) is 136 cm³/mol. The minimum absolute atomic E-state index is 0.0325. The Morgan fingerprint density at radius 3 is 2.75 bits per heavy atom. The maximum atomic E-state index is 13.8. The summed E-state index contributed by atoms with van der Waals surface area (Å²) >= 11 is 0. The molecule has 6 rings (SSSR count). The van der Waals surface area contributed by atoms with Crippen molar-refractivity contribution in [3.8, 4) is 17.2 Å². The third-order valence-corrected chi connectivity index (χ3v) is 9.13. The number of methoxy groups -OCH3 is 2. The van der Waals surface area contributed by atoms with E-state index in [1.807, 2.05) is 13.0 Å². The lowest BCUT2D eigenvalue weighted by Crippen LogP contribution is -2.64. The summed E-state index contributed by atoms with van der Waals surface area (Å²) in [5, 5.41) is 14.2. The summed E-state index contributed by atoms with van der Waals surface area (Å²) < 4.78 is 11.4. The number of hydrogen-bond donors (Lipinski definition) is 2. The fraction of sp³-hybridized carbons (Fsp3) is 0.379. The molecular formula is C29H31N2O5+. The molecule has 0 saturated carbocycles. The molecule has 4 atom stereocenters. The highest BCUT2D eigenvalue weighted by Crippen LogP contribution is 2.64. The number of ketones is 1. The van der Waals surface area contributed by atoms with E-state index in [-0.39, 0.29) is 23.5 Å². The van der Waals surface area contributed by atoms with Crippen LogP contribution >= 0.6 is 0 Å². The number of piperidine rings is 1. The van der Waals surface area contributed by atoms with Crippen LogP contribution in [0.3, 0.4) is 0 Å². The molecule has 2 bridgehead atoms. The molecule has 7 nitrogen and oxygen atoms in total. The van der Waals surface area contributed by atoms with Crippen LogP contribution in [0.25, 0.3) is 0 Å². The highest BCUT2D eigenvalue weighted by molar-refractivity contribution is 5.97. The number of anilines is 1. The Hall–Kier alpha value is -3.58. The van der Waals surface area contributed by atoms with E-state index in [1.54, 1.807) is 38.5 Å². The average molecular weight is 488 g/mol. The van der Waals surface area contributed by atoms with Crippen LogP contribution in [0.4, 0.5) is 5.69 Å². The number of rotatable bonds is 6. The van der Waals surface area contributed by atoms with Crippen LogP contribution in [-0.4, -0.2) is 61.6 Å². The highest BCUT2D eigenvalue weighted by atomic mass is 16.5. The minimum Gasteiger partial charge on any atom is -0.506 e. The van der Waals surface area contributed by atoms with Crippen molar-refractivity contribution in [2.24, 2.45) is 5.92 Å². The zero-order chi connectivity index (χ0) is 25.2. The van der Waals surface area contributed by atoms with Crippen LogP contribution in [-0.2, 0) is 10.2 Å². The van der Waals surface area contributed by atoms with Gasteiger partial charge in [-0.15, -0.1) is 0 Å². The van der Waals surface area contributed by atoms with Gasteiger partial charge in [0.05, 0.1) is 31.9 Å². The Morgan fingerprint density at radius 1 is 1.22 bits per heavy atom. The number of allylic oxidation sites excluding steroid dienone is 2. The Morgan fingerprint density at radius 2 is 2.03 bits per heavy atom. The molecule has 186 valence electrons. The number of Topliss-reactive ketones (excluding diaryl/α,β-unsaturated/α-hetero) is 1. The number of aldehydes is 1. The molecule has 2 unspecified atom stereocenters. The van der Waals surface area contributed by atoms with Crippen molar-refractivity contribution in [2.45, 2.75) is 31.2 Å². The standard InChI is InChI=1S/C29H30N2O5/c1-4-17-14-31(15-23(34)18-8-9-24(35-2)25(12-18)36-3)11-10-29-21-6-5-7-22(33)27(21)30-28(29)20(16-32)19(17)13-26(29)31/h4-9,12,16,19,26H,10-11,13-15H2,1-3H3,(H-,30,32,33)/p+1/b17-4-/t19-,26?,29+,31?/m0/s1. The van der Waals surface area contributed by atoms with Crippen LogP contribution in [0.15, 0.2) is 59.3 Å². The fourth-order valence-corrected chi connectivity index (χ4v) is 7.57. The van der Waals surface area contributed by atoms with Gasteiger partial charge in [0.15, 0.2) is 11.5 Å². The zero-order valence-corrected chi connectivity index (χ0v) is 20.8.